The second kappa shape index (κ2) is 4.84. The molecule has 5 nitrogen and oxygen atoms in total. The molecule has 1 aromatic heterocycles. The maximum Gasteiger partial charge on any atom is 0.0964 e. The summed E-state index contributed by atoms with van der Waals surface area (Å²) in [4.78, 5) is 0. The number of nitrogens with zero attached hydrogens (tertiary/aromatic N) is 3. The third kappa shape index (κ3) is 2.98. The zero-order valence-corrected chi connectivity index (χ0v) is 7.19. The van der Waals surface area contributed by atoms with Crippen molar-refractivity contribution >= 4 is 0 Å². The Morgan fingerprint density at radius 1 is 1.67 bits per heavy atom. The van der Waals surface area contributed by atoms with Crippen LogP contribution in [0.5, 0.6) is 0 Å². The minimum atomic E-state index is 0.230. The van der Waals surface area contributed by atoms with E-state index in [2.05, 4.69) is 15.6 Å². The van der Waals surface area contributed by atoms with Crippen molar-refractivity contribution in [3.8, 4) is 0 Å². The number of hydrogen-bond acceptors (Lipinski definition) is 4. The second-order valence-corrected chi connectivity index (χ2v) is 2.64. The van der Waals surface area contributed by atoms with E-state index in [0.29, 0.717) is 6.54 Å². The first kappa shape index (κ1) is 9.15. The summed E-state index contributed by atoms with van der Waals surface area (Å²) in [5.74, 6) is 0. The summed E-state index contributed by atoms with van der Waals surface area (Å²) < 4.78 is 1.67. The first-order chi connectivity index (χ1) is 5.83. The number of nitrogens with one attached hydrogen (secondary N) is 1. The van der Waals surface area contributed by atoms with Gasteiger partial charge in [-0.25, -0.2) is 0 Å². The monoisotopic (exact) mass is 170 g/mol. The van der Waals surface area contributed by atoms with E-state index in [9.17, 15) is 0 Å². The van der Waals surface area contributed by atoms with Crippen molar-refractivity contribution < 1.29 is 5.11 Å². The van der Waals surface area contributed by atoms with Gasteiger partial charge in [0.1, 0.15) is 0 Å². The first-order valence-corrected chi connectivity index (χ1v) is 3.99. The number of aliphatic hydroxyl groups is 1. The van der Waals surface area contributed by atoms with Gasteiger partial charge in [-0.15, -0.1) is 5.10 Å². The van der Waals surface area contributed by atoms with Crippen molar-refractivity contribution in [1.82, 2.24) is 20.3 Å². The Bertz CT molecular complexity index is 223. The van der Waals surface area contributed by atoms with Crippen LogP contribution in [-0.4, -0.2) is 33.3 Å². The van der Waals surface area contributed by atoms with Gasteiger partial charge in [-0.1, -0.05) is 5.21 Å². The largest absolute Gasteiger partial charge is 0.396 e. The third-order valence-electron chi connectivity index (χ3n) is 1.47. The van der Waals surface area contributed by atoms with Crippen LogP contribution in [0.2, 0.25) is 0 Å². The number of aromatic nitrogens is 3. The van der Waals surface area contributed by atoms with Crippen molar-refractivity contribution in [2.75, 3.05) is 13.2 Å². The molecule has 0 fully saturated rings. The molecule has 0 radical (unpaired) electrons. The fourth-order valence-corrected chi connectivity index (χ4v) is 0.897. The predicted molar refractivity (Wildman–Crippen MR) is 44.4 cm³/mol. The highest BCUT2D eigenvalue weighted by Crippen LogP contribution is 1.89. The normalized spacial score (nSPS) is 10.5. The number of rotatable bonds is 5. The lowest BCUT2D eigenvalue weighted by Crippen LogP contribution is -2.15. The molecule has 0 atom stereocenters. The maximum atomic E-state index is 8.50. The van der Waals surface area contributed by atoms with Gasteiger partial charge in [-0.05, 0) is 13.0 Å². The Labute approximate surface area is 71.4 Å². The molecule has 1 heterocycles. The molecule has 0 bridgehead atoms. The third-order valence-corrected chi connectivity index (χ3v) is 1.47. The van der Waals surface area contributed by atoms with Gasteiger partial charge in [-0.2, -0.15) is 0 Å². The zero-order chi connectivity index (χ0) is 8.81. The zero-order valence-electron chi connectivity index (χ0n) is 7.19. The lowest BCUT2D eigenvalue weighted by molar-refractivity contribution is 0.286. The highest BCUT2D eigenvalue weighted by atomic mass is 16.3. The molecule has 2 N–H and O–H groups in total. The van der Waals surface area contributed by atoms with Crippen molar-refractivity contribution in [1.29, 1.82) is 0 Å². The van der Waals surface area contributed by atoms with Gasteiger partial charge in [0, 0.05) is 26.4 Å². The minimum absolute atomic E-state index is 0.230. The Hall–Kier alpha value is -0.940. The summed E-state index contributed by atoms with van der Waals surface area (Å²) in [5.41, 5.74) is 0.926. The summed E-state index contributed by atoms with van der Waals surface area (Å²) in [6.45, 7) is 1.76. The van der Waals surface area contributed by atoms with Gasteiger partial charge in [0.15, 0.2) is 0 Å². The van der Waals surface area contributed by atoms with Crippen LogP contribution in [0.3, 0.4) is 0 Å². The van der Waals surface area contributed by atoms with Crippen LogP contribution < -0.4 is 5.32 Å². The van der Waals surface area contributed by atoms with Gasteiger partial charge in [0.25, 0.3) is 0 Å². The SMILES string of the molecule is Cn1cc(CNCCCO)nn1. The quantitative estimate of drug-likeness (QED) is 0.573. The summed E-state index contributed by atoms with van der Waals surface area (Å²) >= 11 is 0. The van der Waals surface area contributed by atoms with E-state index in [1.54, 1.807) is 4.68 Å². The number of aliphatic hydroxyl groups excluding tert-OH is 1. The fourth-order valence-electron chi connectivity index (χ4n) is 0.897. The summed E-state index contributed by atoms with van der Waals surface area (Å²) in [6, 6.07) is 0. The smallest absolute Gasteiger partial charge is 0.0964 e. The predicted octanol–water partition coefficient (Wildman–Crippen LogP) is -0.713. The summed E-state index contributed by atoms with van der Waals surface area (Å²) in [7, 11) is 1.84. The van der Waals surface area contributed by atoms with Crippen LogP contribution in [0, 0.1) is 0 Å². The van der Waals surface area contributed by atoms with E-state index in [0.717, 1.165) is 18.7 Å². The van der Waals surface area contributed by atoms with Gasteiger partial charge in [-0.3, -0.25) is 4.68 Å². The molecular weight excluding hydrogens is 156 g/mol. The van der Waals surface area contributed by atoms with Crippen LogP contribution in [0.1, 0.15) is 12.1 Å². The average Bonchev–Trinajstić information content (AvgIpc) is 2.45. The molecular formula is C7H14N4O. The molecule has 0 aliphatic heterocycles. The lowest BCUT2D eigenvalue weighted by Gasteiger charge is -1.98. The van der Waals surface area contributed by atoms with Crippen LogP contribution in [0.25, 0.3) is 0 Å². The van der Waals surface area contributed by atoms with Crippen molar-refractivity contribution in [2.24, 2.45) is 7.05 Å². The maximum absolute atomic E-state index is 8.50. The molecule has 0 aliphatic rings. The van der Waals surface area contributed by atoms with Crippen molar-refractivity contribution in [3.63, 3.8) is 0 Å². The van der Waals surface area contributed by atoms with E-state index in [4.69, 9.17) is 5.11 Å². The molecule has 0 spiro atoms. The van der Waals surface area contributed by atoms with Gasteiger partial charge in [0.2, 0.25) is 0 Å². The van der Waals surface area contributed by atoms with Crippen LogP contribution in [0.4, 0.5) is 0 Å². The van der Waals surface area contributed by atoms with Gasteiger partial charge >= 0.3 is 0 Å². The number of hydrogen-bond donors (Lipinski definition) is 2. The van der Waals surface area contributed by atoms with Gasteiger partial charge < -0.3 is 10.4 Å². The second-order valence-electron chi connectivity index (χ2n) is 2.64. The molecule has 0 aromatic carbocycles. The Balaban J connectivity index is 2.15. The van der Waals surface area contributed by atoms with Crippen LogP contribution in [0.15, 0.2) is 6.20 Å². The van der Waals surface area contributed by atoms with Crippen LogP contribution in [-0.2, 0) is 13.6 Å². The highest BCUT2D eigenvalue weighted by Gasteiger charge is 1.95. The molecule has 0 unspecified atom stereocenters. The molecule has 1 rings (SSSR count). The highest BCUT2D eigenvalue weighted by molar-refractivity contribution is 4.90. The molecule has 0 aliphatic carbocycles. The van der Waals surface area contributed by atoms with Crippen molar-refractivity contribution in [3.05, 3.63) is 11.9 Å². The van der Waals surface area contributed by atoms with Crippen LogP contribution >= 0.6 is 0 Å². The summed E-state index contributed by atoms with van der Waals surface area (Å²) in [5, 5.41) is 19.3. The lowest BCUT2D eigenvalue weighted by atomic mass is 10.4. The Kier molecular flexibility index (Phi) is 3.69. The Morgan fingerprint density at radius 2 is 2.50 bits per heavy atom. The molecule has 0 amide bonds. The Morgan fingerprint density at radius 3 is 3.08 bits per heavy atom. The molecule has 0 saturated carbocycles. The van der Waals surface area contributed by atoms with E-state index < -0.39 is 0 Å². The first-order valence-electron chi connectivity index (χ1n) is 3.99. The van der Waals surface area contributed by atoms with E-state index in [1.165, 1.54) is 0 Å². The molecule has 12 heavy (non-hydrogen) atoms. The minimum Gasteiger partial charge on any atom is -0.396 e. The average molecular weight is 170 g/mol. The summed E-state index contributed by atoms with van der Waals surface area (Å²) in [6.07, 6.45) is 2.65. The topological polar surface area (TPSA) is 63.0 Å². The molecule has 1 aromatic rings. The van der Waals surface area contributed by atoms with Gasteiger partial charge in [0.05, 0.1) is 5.69 Å². The van der Waals surface area contributed by atoms with E-state index in [1.807, 2.05) is 13.2 Å². The standard InChI is InChI=1S/C7H14N4O/c1-11-6-7(9-10-11)5-8-3-2-4-12/h6,8,12H,2-5H2,1H3. The molecule has 68 valence electrons. The molecule has 5 heteroatoms. The molecule has 0 saturated heterocycles. The van der Waals surface area contributed by atoms with E-state index >= 15 is 0 Å². The van der Waals surface area contributed by atoms with E-state index in [-0.39, 0.29) is 6.61 Å². The fraction of sp³-hybridized carbons (Fsp3) is 0.714. The number of aryl methyl sites for hydroxylation is 1. The van der Waals surface area contributed by atoms with Crippen molar-refractivity contribution in [2.45, 2.75) is 13.0 Å².